The average Bonchev–Trinajstić information content (AvgIpc) is 2.61. The minimum Gasteiger partial charge on any atom is -0.491 e. The molecule has 2 N–H and O–H groups in total. The third-order valence-electron chi connectivity index (χ3n) is 3.57. The third-order valence-corrected chi connectivity index (χ3v) is 3.57. The van der Waals surface area contributed by atoms with Crippen molar-refractivity contribution in [3.05, 3.63) is 39.4 Å². The number of hydrogen-bond donors (Lipinski definition) is 2. The number of rotatable bonds is 8. The monoisotopic (exact) mass is 331 g/mol. The summed E-state index contributed by atoms with van der Waals surface area (Å²) in [5.41, 5.74) is 1.66. The molecule has 0 aliphatic heterocycles. The van der Waals surface area contributed by atoms with E-state index in [0.717, 1.165) is 11.1 Å². The highest BCUT2D eigenvalue weighted by Crippen LogP contribution is 2.30. The van der Waals surface area contributed by atoms with Crippen molar-refractivity contribution in [1.82, 2.24) is 5.32 Å². The fraction of sp³-hybridized carbons (Fsp3) is 0.625. The number of fused-ring (bicyclic) bond motifs is 1. The van der Waals surface area contributed by atoms with Crippen LogP contribution in [0.1, 0.15) is 40.8 Å². The maximum Gasteiger partial charge on any atom is 0.294 e. The summed E-state index contributed by atoms with van der Waals surface area (Å²) in [4.78, 5) is 15.1. The molecular weight excluding hydrogens is 300 g/mol. The Morgan fingerprint density at radius 2 is 2.43 bits per heavy atom. The second-order valence-electron chi connectivity index (χ2n) is 5.31. The van der Waals surface area contributed by atoms with Gasteiger partial charge in [0.05, 0.1) is 0 Å². The van der Waals surface area contributed by atoms with E-state index in [9.17, 15) is 15.2 Å². The van der Waals surface area contributed by atoms with Crippen molar-refractivity contribution in [3.8, 4) is 5.75 Å². The minimum absolute atomic E-state index is 0.268. The Balaban J connectivity index is 1.98. The van der Waals surface area contributed by atoms with E-state index < -0.39 is 43.6 Å². The summed E-state index contributed by atoms with van der Waals surface area (Å²) in [7, 11) is 0. The van der Waals surface area contributed by atoms with Gasteiger partial charge in [0.2, 0.25) is 0 Å². The minimum atomic E-state index is -3.14. The number of ether oxygens (including phenoxy) is 1. The largest absolute Gasteiger partial charge is 0.491 e. The van der Waals surface area contributed by atoms with Crippen LogP contribution < -0.4 is 10.1 Å². The maximum absolute atomic E-state index is 10.5. The van der Waals surface area contributed by atoms with Gasteiger partial charge in [0.15, 0.2) is 0 Å². The Morgan fingerprint density at radius 1 is 1.61 bits per heavy atom. The van der Waals surface area contributed by atoms with Crippen molar-refractivity contribution in [3.63, 3.8) is 0 Å². The van der Waals surface area contributed by atoms with Gasteiger partial charge in [-0.25, -0.2) is 0 Å². The molecule has 1 aliphatic carbocycles. The molecule has 0 radical (unpaired) electrons. The van der Waals surface area contributed by atoms with E-state index in [1.165, 1.54) is 0 Å². The molecule has 1 aliphatic rings. The first-order valence-electron chi connectivity index (χ1n) is 10.7. The van der Waals surface area contributed by atoms with Gasteiger partial charge < -0.3 is 20.0 Å². The van der Waals surface area contributed by atoms with Gasteiger partial charge in [-0.05, 0) is 36.5 Å². The zero-order chi connectivity index (χ0) is 22.7. The Labute approximate surface area is 145 Å². The maximum atomic E-state index is 10.5. The summed E-state index contributed by atoms with van der Waals surface area (Å²) in [6.07, 6.45) is -0.564. The number of aliphatic hydroxyl groups excluding tert-OH is 1. The second-order valence-corrected chi connectivity index (χ2v) is 5.31. The van der Waals surface area contributed by atoms with Gasteiger partial charge in [-0.2, -0.15) is 0 Å². The lowest BCUT2D eigenvalue weighted by Crippen LogP contribution is -2.35. The first kappa shape index (κ1) is 10.1. The number of nitrogens with zero attached hydrogens (tertiary/aromatic N) is 1. The number of hydrogen-bond acceptors (Lipinski definition) is 6. The van der Waals surface area contributed by atoms with Gasteiger partial charge in [0.25, 0.3) is 5.09 Å². The molecule has 0 heterocycles. The number of nitrogens with one attached hydrogen (secondary N) is 1. The smallest absolute Gasteiger partial charge is 0.294 e. The molecule has 7 nitrogen and oxygen atoms in total. The van der Waals surface area contributed by atoms with Crippen LogP contribution in [0.3, 0.4) is 0 Å². The molecular formula is C16H24N2O5. The molecule has 1 aromatic rings. The highest BCUT2D eigenvalue weighted by Gasteiger charge is 2.24. The molecule has 23 heavy (non-hydrogen) atoms. The quantitative estimate of drug-likeness (QED) is 0.554. The van der Waals surface area contributed by atoms with Crippen LogP contribution in [0.15, 0.2) is 18.2 Å². The molecule has 0 amide bonds. The predicted molar refractivity (Wildman–Crippen MR) is 85.0 cm³/mol. The van der Waals surface area contributed by atoms with Crippen LogP contribution in [0, 0.1) is 10.1 Å². The molecule has 128 valence electrons. The lowest BCUT2D eigenvalue weighted by Gasteiger charge is -2.25. The molecule has 7 heteroatoms. The Hall–Kier alpha value is -1.86. The van der Waals surface area contributed by atoms with Crippen molar-refractivity contribution in [1.29, 1.82) is 0 Å². The molecule has 0 fully saturated rings. The van der Waals surface area contributed by atoms with Crippen molar-refractivity contribution in [2.75, 3.05) is 13.2 Å². The van der Waals surface area contributed by atoms with E-state index in [0.29, 0.717) is 25.0 Å². The van der Waals surface area contributed by atoms with Gasteiger partial charge in [-0.3, -0.25) is 0 Å². The summed E-state index contributed by atoms with van der Waals surface area (Å²) < 4.78 is 57.5. The number of aliphatic hydroxyl groups is 1. The van der Waals surface area contributed by atoms with E-state index in [-0.39, 0.29) is 6.61 Å². The lowest BCUT2D eigenvalue weighted by atomic mass is 9.89. The fourth-order valence-corrected chi connectivity index (χ4v) is 2.55. The summed E-state index contributed by atoms with van der Waals surface area (Å²) in [6.45, 7) is -7.02. The molecule has 0 aromatic heterocycles. The summed E-state index contributed by atoms with van der Waals surface area (Å²) in [5, 5.41) is 22.0. The fourth-order valence-electron chi connectivity index (χ4n) is 2.55. The first-order chi connectivity index (χ1) is 13.7. The van der Waals surface area contributed by atoms with Crippen LogP contribution in [0.2, 0.25) is 0 Å². The summed E-state index contributed by atoms with van der Waals surface area (Å²) in [5.74, 6) is 0.467. The normalized spacial score (nSPS) is 24.4. The van der Waals surface area contributed by atoms with E-state index in [2.05, 4.69) is 10.2 Å². The Morgan fingerprint density at radius 3 is 3.17 bits per heavy atom. The van der Waals surface area contributed by atoms with Crippen LogP contribution in [0.4, 0.5) is 0 Å². The van der Waals surface area contributed by atoms with Crippen LogP contribution in [-0.2, 0) is 17.7 Å². The second kappa shape index (κ2) is 8.12. The molecule has 2 unspecified atom stereocenters. The van der Waals surface area contributed by atoms with Gasteiger partial charge in [-0.1, -0.05) is 25.8 Å². The van der Waals surface area contributed by atoms with Crippen molar-refractivity contribution >= 4 is 0 Å². The molecule has 0 bridgehead atoms. The third kappa shape index (κ3) is 5.37. The van der Waals surface area contributed by atoms with Crippen LogP contribution in [0.25, 0.3) is 0 Å². The van der Waals surface area contributed by atoms with Gasteiger partial charge in [-0.15, -0.1) is 10.1 Å². The number of benzene rings is 1. The lowest BCUT2D eigenvalue weighted by molar-refractivity contribution is -0.768. The average molecular weight is 331 g/mol. The van der Waals surface area contributed by atoms with E-state index in [4.69, 9.17) is 14.3 Å². The predicted octanol–water partition coefficient (Wildman–Crippen LogP) is 1.49. The van der Waals surface area contributed by atoms with Gasteiger partial charge in [0.1, 0.15) is 24.6 Å². The van der Waals surface area contributed by atoms with E-state index >= 15 is 0 Å². The SMILES string of the molecule is [2H]C([2H])([2H])C([2H])(NCC(O)COc1cccc2c1CCC(O[N+](=O)[O-])C2)C([2H])([2H])[2H]. The van der Waals surface area contributed by atoms with Crippen molar-refractivity contribution in [2.24, 2.45) is 0 Å². The van der Waals surface area contributed by atoms with Crippen LogP contribution in [0.5, 0.6) is 5.75 Å². The summed E-state index contributed by atoms with van der Waals surface area (Å²) in [6, 6.07) is 2.24. The van der Waals surface area contributed by atoms with Crippen LogP contribution >= 0.6 is 0 Å². The zero-order valence-corrected chi connectivity index (χ0v) is 12.4. The molecule has 1 aromatic carbocycles. The topological polar surface area (TPSA) is 93.9 Å². The first-order valence-corrected chi connectivity index (χ1v) is 7.22. The zero-order valence-electron chi connectivity index (χ0n) is 19.4. The van der Waals surface area contributed by atoms with E-state index in [1.807, 2.05) is 0 Å². The van der Waals surface area contributed by atoms with Crippen molar-refractivity contribution < 1.29 is 29.4 Å². The van der Waals surface area contributed by atoms with Crippen molar-refractivity contribution in [2.45, 2.75) is 51.2 Å². The molecule has 0 saturated heterocycles. The Kier molecular flexibility index (Phi) is 3.57. The van der Waals surface area contributed by atoms with E-state index in [1.54, 1.807) is 18.2 Å². The summed E-state index contributed by atoms with van der Waals surface area (Å²) >= 11 is 0. The highest BCUT2D eigenvalue weighted by molar-refractivity contribution is 5.42. The highest BCUT2D eigenvalue weighted by atomic mass is 17.0. The molecule has 0 saturated carbocycles. The van der Waals surface area contributed by atoms with Crippen LogP contribution in [-0.4, -0.2) is 41.6 Å². The molecule has 2 rings (SSSR count). The Bertz CT molecular complexity index is 742. The standard InChI is InChI=1S/C16H24N2O5/c1-11(2)17-9-13(19)10-22-16-5-3-4-12-8-14(23-18(20)21)6-7-15(12)16/h3-5,11,13-14,17,19H,6-10H2,1-2H3/i1D3,2D3,11D. The molecule has 2 atom stereocenters. The van der Waals surface area contributed by atoms with Gasteiger partial charge >= 0.3 is 0 Å². The molecule has 0 spiro atoms. The van der Waals surface area contributed by atoms with Gasteiger partial charge in [0, 0.05) is 22.2 Å².